The molecule has 0 spiro atoms. The molecule has 1 aliphatic rings. The zero-order chi connectivity index (χ0) is 18.9. The zero-order valence-electron chi connectivity index (χ0n) is 14.4. The summed E-state index contributed by atoms with van der Waals surface area (Å²) in [4.78, 5) is 21.1. The minimum atomic E-state index is -1.04. The molecule has 0 saturated carbocycles. The Morgan fingerprint density at radius 2 is 2.00 bits per heavy atom. The third-order valence-electron chi connectivity index (χ3n) is 4.20. The maximum atomic E-state index is 13.5. The van der Waals surface area contributed by atoms with Crippen LogP contribution in [0.5, 0.6) is 0 Å². The van der Waals surface area contributed by atoms with Gasteiger partial charge >= 0.3 is 0 Å². The Morgan fingerprint density at radius 3 is 2.65 bits per heavy atom. The lowest BCUT2D eigenvalue weighted by atomic mass is 10.00. The van der Waals surface area contributed by atoms with Gasteiger partial charge in [0, 0.05) is 5.56 Å². The number of benzene rings is 1. The number of amides is 1. The monoisotopic (exact) mass is 361 g/mol. The molecule has 0 unspecified atom stereocenters. The molecular weight excluding hydrogens is 341 g/mol. The van der Waals surface area contributed by atoms with E-state index in [1.807, 2.05) is 0 Å². The predicted molar refractivity (Wildman–Crippen MR) is 94.3 cm³/mol. The van der Waals surface area contributed by atoms with Gasteiger partial charge in [-0.3, -0.25) is 4.79 Å². The number of nitrogens with one attached hydrogen (secondary N) is 3. The summed E-state index contributed by atoms with van der Waals surface area (Å²) in [5, 5.41) is 27.5. The first kappa shape index (κ1) is 18.0. The fourth-order valence-electron chi connectivity index (χ4n) is 2.64. The van der Waals surface area contributed by atoms with Gasteiger partial charge in [0.1, 0.15) is 17.2 Å². The molecule has 5 N–H and O–H groups in total. The molecule has 1 aliphatic heterocycles. The number of aliphatic hydroxyl groups is 2. The van der Waals surface area contributed by atoms with Gasteiger partial charge < -0.3 is 26.2 Å². The van der Waals surface area contributed by atoms with Crippen LogP contribution in [0.15, 0.2) is 18.2 Å². The number of anilines is 2. The lowest BCUT2D eigenvalue weighted by Crippen LogP contribution is -2.43. The van der Waals surface area contributed by atoms with E-state index in [0.29, 0.717) is 22.6 Å². The quantitative estimate of drug-likeness (QED) is 0.536. The minimum Gasteiger partial charge on any atom is -0.394 e. The Kier molecular flexibility index (Phi) is 4.75. The van der Waals surface area contributed by atoms with Crippen LogP contribution in [-0.4, -0.2) is 51.5 Å². The lowest BCUT2D eigenvalue weighted by Gasteiger charge is -2.28. The number of carbonyl (C=O) groups is 1. The molecule has 2 aromatic rings. The molecule has 0 aliphatic carbocycles. The minimum absolute atomic E-state index is 0.135. The SMILES string of the molecule is Cc1cc(F)ccc1-c1nc(NC(C)(CO)CO)nc2c1C(=O)NCN2. The third kappa shape index (κ3) is 3.31. The highest BCUT2D eigenvalue weighted by Gasteiger charge is 2.29. The van der Waals surface area contributed by atoms with Crippen molar-refractivity contribution in [3.8, 4) is 11.3 Å². The van der Waals surface area contributed by atoms with Gasteiger partial charge in [0.05, 0.1) is 31.1 Å². The fraction of sp³-hybridized carbons (Fsp3) is 0.353. The standard InChI is InChI=1S/C17H20FN5O3/c1-9-5-10(18)3-4-11(9)13-12-14(19-8-20-15(12)26)22-16(21-13)23-17(2,6-24)7-25/h3-5,24-25H,6-8H2,1-2H3,(H,20,26)(H2,19,21,22,23). The molecule has 2 heterocycles. The third-order valence-corrected chi connectivity index (χ3v) is 4.20. The summed E-state index contributed by atoms with van der Waals surface area (Å²) in [6.45, 7) is 2.85. The van der Waals surface area contributed by atoms with Gasteiger partial charge in [-0.2, -0.15) is 4.98 Å². The number of hydrogen-bond donors (Lipinski definition) is 5. The van der Waals surface area contributed by atoms with Gasteiger partial charge in [-0.25, -0.2) is 9.37 Å². The van der Waals surface area contributed by atoms with Gasteiger partial charge in [0.15, 0.2) is 0 Å². The van der Waals surface area contributed by atoms with E-state index in [9.17, 15) is 19.4 Å². The number of halogens is 1. The molecule has 8 nitrogen and oxygen atoms in total. The van der Waals surface area contributed by atoms with Crippen LogP contribution < -0.4 is 16.0 Å². The molecule has 9 heteroatoms. The van der Waals surface area contributed by atoms with Crippen LogP contribution in [0.25, 0.3) is 11.3 Å². The predicted octanol–water partition coefficient (Wildman–Crippen LogP) is 0.859. The molecular formula is C17H20FN5O3. The Labute approximate surface area is 149 Å². The maximum Gasteiger partial charge on any atom is 0.258 e. The normalized spacial score (nSPS) is 13.7. The Morgan fingerprint density at radius 1 is 1.27 bits per heavy atom. The second-order valence-electron chi connectivity index (χ2n) is 6.44. The van der Waals surface area contributed by atoms with Crippen LogP contribution in [-0.2, 0) is 0 Å². The van der Waals surface area contributed by atoms with Gasteiger partial charge in [-0.05, 0) is 37.6 Å². The summed E-state index contributed by atoms with van der Waals surface area (Å²) in [6.07, 6.45) is 0. The van der Waals surface area contributed by atoms with Crippen LogP contribution in [0, 0.1) is 12.7 Å². The smallest absolute Gasteiger partial charge is 0.258 e. The van der Waals surface area contributed by atoms with Gasteiger partial charge in [-0.1, -0.05) is 0 Å². The summed E-state index contributed by atoms with van der Waals surface area (Å²) >= 11 is 0. The fourth-order valence-corrected chi connectivity index (χ4v) is 2.64. The van der Waals surface area contributed by atoms with E-state index >= 15 is 0 Å². The average Bonchev–Trinajstić information content (AvgIpc) is 2.61. The topological polar surface area (TPSA) is 119 Å². The first-order chi connectivity index (χ1) is 12.4. The van der Waals surface area contributed by atoms with Gasteiger partial charge in [-0.15, -0.1) is 0 Å². The molecule has 0 bridgehead atoms. The van der Waals surface area contributed by atoms with Crippen molar-refractivity contribution in [2.75, 3.05) is 30.5 Å². The molecule has 138 valence electrons. The summed E-state index contributed by atoms with van der Waals surface area (Å²) in [7, 11) is 0. The number of hydrogen-bond acceptors (Lipinski definition) is 7. The van der Waals surface area contributed by atoms with Crippen molar-refractivity contribution in [2.24, 2.45) is 0 Å². The summed E-state index contributed by atoms with van der Waals surface area (Å²) in [6, 6.07) is 4.20. The molecule has 1 aromatic heterocycles. The van der Waals surface area contributed by atoms with Crippen molar-refractivity contribution >= 4 is 17.7 Å². The number of carbonyl (C=O) groups excluding carboxylic acids is 1. The molecule has 0 atom stereocenters. The molecule has 0 radical (unpaired) electrons. The molecule has 0 fully saturated rings. The summed E-state index contributed by atoms with van der Waals surface area (Å²) < 4.78 is 13.5. The second-order valence-corrected chi connectivity index (χ2v) is 6.44. The molecule has 1 aromatic carbocycles. The van der Waals surface area contributed by atoms with Crippen LogP contribution >= 0.6 is 0 Å². The van der Waals surface area contributed by atoms with E-state index in [4.69, 9.17) is 0 Å². The van der Waals surface area contributed by atoms with Crippen LogP contribution in [0.2, 0.25) is 0 Å². The maximum absolute atomic E-state index is 13.5. The Balaban J connectivity index is 2.18. The van der Waals surface area contributed by atoms with E-state index < -0.39 is 5.54 Å². The first-order valence-electron chi connectivity index (χ1n) is 8.07. The number of aromatic nitrogens is 2. The van der Waals surface area contributed by atoms with Crippen LogP contribution in [0.3, 0.4) is 0 Å². The van der Waals surface area contributed by atoms with Crippen molar-refractivity contribution in [2.45, 2.75) is 19.4 Å². The van der Waals surface area contributed by atoms with Crippen molar-refractivity contribution in [3.63, 3.8) is 0 Å². The Hall–Kier alpha value is -2.78. The number of fused-ring (bicyclic) bond motifs is 1. The van der Waals surface area contributed by atoms with Crippen LogP contribution in [0.4, 0.5) is 16.2 Å². The molecule has 0 saturated heterocycles. The summed E-state index contributed by atoms with van der Waals surface area (Å²) in [5.74, 6) is -0.266. The highest BCUT2D eigenvalue weighted by atomic mass is 19.1. The van der Waals surface area contributed by atoms with E-state index in [-0.39, 0.29) is 43.1 Å². The average molecular weight is 361 g/mol. The number of rotatable bonds is 5. The highest BCUT2D eigenvalue weighted by molar-refractivity contribution is 6.06. The number of aliphatic hydroxyl groups excluding tert-OH is 2. The second kappa shape index (κ2) is 6.85. The molecule has 1 amide bonds. The molecule has 3 rings (SSSR count). The van der Waals surface area contributed by atoms with Crippen molar-refractivity contribution in [3.05, 3.63) is 35.1 Å². The zero-order valence-corrected chi connectivity index (χ0v) is 14.4. The highest BCUT2D eigenvalue weighted by Crippen LogP contribution is 2.32. The van der Waals surface area contributed by atoms with E-state index in [0.717, 1.165) is 0 Å². The first-order valence-corrected chi connectivity index (χ1v) is 8.07. The van der Waals surface area contributed by atoms with E-state index in [1.54, 1.807) is 19.9 Å². The number of nitrogens with zero attached hydrogens (tertiary/aromatic N) is 2. The van der Waals surface area contributed by atoms with E-state index in [1.165, 1.54) is 12.1 Å². The van der Waals surface area contributed by atoms with Crippen molar-refractivity contribution in [1.29, 1.82) is 0 Å². The largest absolute Gasteiger partial charge is 0.394 e. The Bertz CT molecular complexity index is 855. The van der Waals surface area contributed by atoms with Gasteiger partial charge in [0.25, 0.3) is 5.91 Å². The van der Waals surface area contributed by atoms with Crippen molar-refractivity contribution in [1.82, 2.24) is 15.3 Å². The number of aryl methyl sites for hydroxylation is 1. The van der Waals surface area contributed by atoms with Crippen LogP contribution in [0.1, 0.15) is 22.8 Å². The van der Waals surface area contributed by atoms with Gasteiger partial charge in [0.2, 0.25) is 5.95 Å². The summed E-state index contributed by atoms with van der Waals surface area (Å²) in [5.41, 5.74) is 0.744. The van der Waals surface area contributed by atoms with Crippen molar-refractivity contribution < 1.29 is 19.4 Å². The lowest BCUT2D eigenvalue weighted by molar-refractivity contribution is 0.0952. The van der Waals surface area contributed by atoms with E-state index in [2.05, 4.69) is 25.9 Å². The molecule has 26 heavy (non-hydrogen) atoms.